The molecule has 0 bridgehead atoms. The molecule has 3 atom stereocenters. The van der Waals surface area contributed by atoms with Crippen LogP contribution in [0.1, 0.15) is 44.3 Å². The van der Waals surface area contributed by atoms with Gasteiger partial charge in [0.1, 0.15) is 11.6 Å². The van der Waals surface area contributed by atoms with Gasteiger partial charge in [-0.25, -0.2) is 8.78 Å². The predicted octanol–water partition coefficient (Wildman–Crippen LogP) is 3.57. The maximum absolute atomic E-state index is 13.8. The van der Waals surface area contributed by atoms with Crippen LogP contribution in [0.3, 0.4) is 0 Å². The van der Waals surface area contributed by atoms with Crippen molar-refractivity contribution >= 4 is 0 Å². The molecule has 1 saturated carbocycles. The van der Waals surface area contributed by atoms with Gasteiger partial charge in [-0.05, 0) is 24.8 Å². The van der Waals surface area contributed by atoms with E-state index in [0.29, 0.717) is 24.6 Å². The summed E-state index contributed by atoms with van der Waals surface area (Å²) in [6, 6.07) is 3.69. The molecule has 1 aromatic rings. The van der Waals surface area contributed by atoms with E-state index < -0.39 is 11.6 Å². The minimum Gasteiger partial charge on any atom is -0.370 e. The topological polar surface area (TPSA) is 21.3 Å². The van der Waals surface area contributed by atoms with Crippen molar-refractivity contribution in [3.63, 3.8) is 0 Å². The van der Waals surface area contributed by atoms with E-state index >= 15 is 0 Å². The van der Waals surface area contributed by atoms with Crippen molar-refractivity contribution in [2.45, 2.75) is 44.2 Å². The van der Waals surface area contributed by atoms with Gasteiger partial charge in [0.05, 0.1) is 12.7 Å². The molecule has 3 rings (SSSR count). The molecule has 0 aromatic heterocycles. The summed E-state index contributed by atoms with van der Waals surface area (Å²) in [4.78, 5) is 0. The summed E-state index contributed by atoms with van der Waals surface area (Å²) in [5, 5.41) is 3.57. The molecule has 1 aliphatic heterocycles. The number of ether oxygens (including phenoxy) is 1. The van der Waals surface area contributed by atoms with Crippen LogP contribution < -0.4 is 5.32 Å². The molecule has 2 aliphatic rings. The standard InChI is InChI=1S/C16H21F2NO/c1-11-3-2-6-16(8-11)10-20-15(9-19-16)13-5-4-12(17)7-14(13)18/h4-5,7,11,15,19H,2-3,6,8-10H2,1H3. The Morgan fingerprint density at radius 1 is 1.35 bits per heavy atom. The Kier molecular flexibility index (Phi) is 3.78. The normalized spacial score (nSPS) is 34.4. The average molecular weight is 281 g/mol. The summed E-state index contributed by atoms with van der Waals surface area (Å²) in [5.74, 6) is -0.365. The first-order chi connectivity index (χ1) is 9.58. The zero-order valence-corrected chi connectivity index (χ0v) is 11.8. The molecule has 110 valence electrons. The number of halogens is 2. The molecule has 1 saturated heterocycles. The third kappa shape index (κ3) is 2.72. The first-order valence-corrected chi connectivity index (χ1v) is 7.40. The summed E-state index contributed by atoms with van der Waals surface area (Å²) in [7, 11) is 0. The smallest absolute Gasteiger partial charge is 0.131 e. The monoisotopic (exact) mass is 281 g/mol. The van der Waals surface area contributed by atoms with Crippen LogP contribution in [0.15, 0.2) is 18.2 Å². The molecule has 1 aliphatic carbocycles. The minimum atomic E-state index is -0.549. The van der Waals surface area contributed by atoms with Gasteiger partial charge in [-0.3, -0.25) is 0 Å². The quantitative estimate of drug-likeness (QED) is 0.849. The molecule has 2 fully saturated rings. The van der Waals surface area contributed by atoms with Gasteiger partial charge in [0.25, 0.3) is 0 Å². The number of nitrogens with one attached hydrogen (secondary N) is 1. The van der Waals surface area contributed by atoms with Gasteiger partial charge in [0.15, 0.2) is 0 Å². The number of hydrogen-bond acceptors (Lipinski definition) is 2. The molecule has 1 N–H and O–H groups in total. The molecule has 0 radical (unpaired) electrons. The summed E-state index contributed by atoms with van der Waals surface area (Å²) in [5.41, 5.74) is 0.502. The van der Waals surface area contributed by atoms with E-state index in [1.54, 1.807) is 0 Å². The lowest BCUT2D eigenvalue weighted by Gasteiger charge is -2.45. The van der Waals surface area contributed by atoms with Crippen molar-refractivity contribution < 1.29 is 13.5 Å². The second kappa shape index (κ2) is 5.41. The molecule has 2 nitrogen and oxygen atoms in total. The van der Waals surface area contributed by atoms with Crippen LogP contribution >= 0.6 is 0 Å². The molecule has 0 amide bonds. The van der Waals surface area contributed by atoms with E-state index in [2.05, 4.69) is 12.2 Å². The second-order valence-corrected chi connectivity index (χ2v) is 6.33. The number of rotatable bonds is 1. The summed E-state index contributed by atoms with van der Waals surface area (Å²) in [6.45, 7) is 3.47. The highest BCUT2D eigenvalue weighted by Crippen LogP contribution is 2.36. The molecular formula is C16H21F2NO. The first-order valence-electron chi connectivity index (χ1n) is 7.40. The van der Waals surface area contributed by atoms with E-state index in [1.165, 1.54) is 25.0 Å². The summed E-state index contributed by atoms with van der Waals surface area (Å²) < 4.78 is 32.6. The Morgan fingerprint density at radius 2 is 2.20 bits per heavy atom. The fourth-order valence-electron chi connectivity index (χ4n) is 3.59. The van der Waals surface area contributed by atoms with Crippen LogP contribution in [-0.2, 0) is 4.74 Å². The maximum Gasteiger partial charge on any atom is 0.131 e. The van der Waals surface area contributed by atoms with E-state index in [0.717, 1.165) is 18.9 Å². The largest absolute Gasteiger partial charge is 0.370 e. The van der Waals surface area contributed by atoms with Gasteiger partial charge in [-0.15, -0.1) is 0 Å². The molecule has 1 heterocycles. The van der Waals surface area contributed by atoms with E-state index in [4.69, 9.17) is 4.74 Å². The van der Waals surface area contributed by atoms with Gasteiger partial charge >= 0.3 is 0 Å². The number of morpholine rings is 1. The van der Waals surface area contributed by atoms with Crippen molar-refractivity contribution in [2.24, 2.45) is 5.92 Å². The van der Waals surface area contributed by atoms with Gasteiger partial charge in [0, 0.05) is 23.7 Å². The van der Waals surface area contributed by atoms with Crippen LogP contribution in [0.25, 0.3) is 0 Å². The predicted molar refractivity (Wildman–Crippen MR) is 73.4 cm³/mol. The molecule has 1 spiro atoms. The van der Waals surface area contributed by atoms with Gasteiger partial charge in [-0.2, -0.15) is 0 Å². The van der Waals surface area contributed by atoms with E-state index in [9.17, 15) is 8.78 Å². The highest BCUT2D eigenvalue weighted by molar-refractivity contribution is 5.22. The Morgan fingerprint density at radius 3 is 2.85 bits per heavy atom. The third-order valence-corrected chi connectivity index (χ3v) is 4.62. The number of hydrogen-bond donors (Lipinski definition) is 1. The van der Waals surface area contributed by atoms with E-state index in [-0.39, 0.29) is 11.6 Å². The third-order valence-electron chi connectivity index (χ3n) is 4.62. The molecule has 4 heteroatoms. The fourth-order valence-corrected chi connectivity index (χ4v) is 3.59. The molecule has 20 heavy (non-hydrogen) atoms. The lowest BCUT2D eigenvalue weighted by Crippen LogP contribution is -2.57. The minimum absolute atomic E-state index is 0.0602. The first kappa shape index (κ1) is 14.0. The van der Waals surface area contributed by atoms with Crippen LogP contribution in [0, 0.1) is 17.6 Å². The van der Waals surface area contributed by atoms with Crippen molar-refractivity contribution in [3.05, 3.63) is 35.4 Å². The highest BCUT2D eigenvalue weighted by Gasteiger charge is 2.39. The summed E-state index contributed by atoms with van der Waals surface area (Å²) in [6.07, 6.45) is 4.41. The summed E-state index contributed by atoms with van der Waals surface area (Å²) >= 11 is 0. The zero-order valence-electron chi connectivity index (χ0n) is 11.8. The van der Waals surface area contributed by atoms with Crippen molar-refractivity contribution in [3.8, 4) is 0 Å². The lowest BCUT2D eigenvalue weighted by atomic mass is 9.76. The van der Waals surface area contributed by atoms with Gasteiger partial charge < -0.3 is 10.1 Å². The van der Waals surface area contributed by atoms with Gasteiger partial charge in [0.2, 0.25) is 0 Å². The lowest BCUT2D eigenvalue weighted by molar-refractivity contribution is -0.0540. The Balaban J connectivity index is 1.69. The van der Waals surface area contributed by atoms with Crippen molar-refractivity contribution in [2.75, 3.05) is 13.2 Å². The van der Waals surface area contributed by atoms with Crippen LogP contribution in [0.5, 0.6) is 0 Å². The average Bonchev–Trinajstić information content (AvgIpc) is 2.40. The SMILES string of the molecule is CC1CCCC2(COC(c3ccc(F)cc3F)CN2)C1. The Bertz CT molecular complexity index is 483. The molecular weight excluding hydrogens is 260 g/mol. The van der Waals surface area contributed by atoms with E-state index in [1.807, 2.05) is 0 Å². The van der Waals surface area contributed by atoms with Crippen molar-refractivity contribution in [1.29, 1.82) is 0 Å². The number of benzene rings is 1. The van der Waals surface area contributed by atoms with Gasteiger partial charge in [-0.1, -0.05) is 25.8 Å². The molecule has 3 unspecified atom stereocenters. The maximum atomic E-state index is 13.8. The Labute approximate surface area is 118 Å². The van der Waals surface area contributed by atoms with Crippen LogP contribution in [-0.4, -0.2) is 18.7 Å². The zero-order chi connectivity index (χ0) is 14.2. The van der Waals surface area contributed by atoms with Crippen LogP contribution in [0.4, 0.5) is 8.78 Å². The highest BCUT2D eigenvalue weighted by atomic mass is 19.1. The second-order valence-electron chi connectivity index (χ2n) is 6.33. The fraction of sp³-hybridized carbons (Fsp3) is 0.625. The van der Waals surface area contributed by atoms with Crippen LogP contribution in [0.2, 0.25) is 0 Å². The Hall–Kier alpha value is -1.00. The van der Waals surface area contributed by atoms with Crippen molar-refractivity contribution in [1.82, 2.24) is 5.32 Å². The molecule has 1 aromatic carbocycles.